The molecule has 56 valence electrons. The lowest BCUT2D eigenvalue weighted by Crippen LogP contribution is -2.12. The highest BCUT2D eigenvalue weighted by Gasteiger charge is 2.01. The molecule has 0 aliphatic carbocycles. The predicted octanol–water partition coefficient (Wildman–Crippen LogP) is 0.403. The molecule has 1 N–H and O–H groups in total. The van der Waals surface area contributed by atoms with Crippen molar-refractivity contribution in [2.45, 2.75) is 19.6 Å². The minimum Gasteiger partial charge on any atom is -0.392 e. The summed E-state index contributed by atoms with van der Waals surface area (Å²) in [4.78, 5) is 3.55. The quantitative estimate of drug-likeness (QED) is 0.652. The van der Waals surface area contributed by atoms with Gasteiger partial charge in [-0.1, -0.05) is 0 Å². The van der Waals surface area contributed by atoms with E-state index in [0.29, 0.717) is 0 Å². The molecule has 1 aromatic heterocycles. The van der Waals surface area contributed by atoms with Gasteiger partial charge < -0.3 is 9.67 Å². The van der Waals surface area contributed by atoms with E-state index >= 15 is 0 Å². The molecule has 1 heterocycles. The molecule has 0 aromatic carbocycles. The van der Waals surface area contributed by atoms with Gasteiger partial charge in [0.15, 0.2) is 0 Å². The molecular weight excluding hydrogens is 135 g/mol. The molecular formula is C6H9FN2O. The van der Waals surface area contributed by atoms with E-state index < -0.39 is 12.1 Å². The van der Waals surface area contributed by atoms with Crippen LogP contribution in [0.25, 0.3) is 0 Å². The molecule has 0 saturated heterocycles. The monoisotopic (exact) mass is 144 g/mol. The average Bonchev–Trinajstić information content (AvgIpc) is 2.15. The molecule has 0 fully saturated rings. The zero-order valence-electron chi connectivity index (χ0n) is 5.66. The molecule has 4 heteroatoms. The highest BCUT2D eigenvalue weighted by Crippen LogP contribution is 1.97. The Balaban J connectivity index is 2.65. The van der Waals surface area contributed by atoms with Crippen LogP contribution in [0.5, 0.6) is 0 Å². The van der Waals surface area contributed by atoms with Gasteiger partial charge in [0.05, 0.1) is 25.2 Å². The average molecular weight is 144 g/mol. The van der Waals surface area contributed by atoms with Crippen LogP contribution in [0.15, 0.2) is 12.5 Å². The van der Waals surface area contributed by atoms with Crippen LogP contribution in [0.2, 0.25) is 0 Å². The van der Waals surface area contributed by atoms with Crippen LogP contribution in [0.3, 0.4) is 0 Å². The van der Waals surface area contributed by atoms with E-state index in [4.69, 9.17) is 5.11 Å². The Kier molecular flexibility index (Phi) is 2.01. The molecule has 1 atom stereocenters. The Morgan fingerprint density at radius 2 is 2.60 bits per heavy atom. The molecule has 0 aliphatic rings. The van der Waals surface area contributed by atoms with E-state index in [9.17, 15) is 4.39 Å². The fraction of sp³-hybridized carbons (Fsp3) is 0.500. The van der Waals surface area contributed by atoms with E-state index in [0.717, 1.165) is 6.20 Å². The Morgan fingerprint density at radius 3 is 3.00 bits per heavy atom. The van der Waals surface area contributed by atoms with Gasteiger partial charge in [-0.25, -0.2) is 4.98 Å². The molecule has 3 nitrogen and oxygen atoms in total. The van der Waals surface area contributed by atoms with Crippen molar-refractivity contribution in [1.82, 2.24) is 9.55 Å². The van der Waals surface area contributed by atoms with Crippen molar-refractivity contribution < 1.29 is 9.50 Å². The van der Waals surface area contributed by atoms with Crippen LogP contribution in [-0.4, -0.2) is 20.8 Å². The van der Waals surface area contributed by atoms with Gasteiger partial charge in [0.2, 0.25) is 5.95 Å². The van der Waals surface area contributed by atoms with E-state index in [1.807, 2.05) is 0 Å². The minimum atomic E-state index is -0.538. The summed E-state index contributed by atoms with van der Waals surface area (Å²) in [5.41, 5.74) is 0. The molecule has 0 radical (unpaired) electrons. The number of aliphatic hydroxyl groups is 1. The van der Waals surface area contributed by atoms with Crippen LogP contribution in [0.4, 0.5) is 4.39 Å². The molecule has 0 bridgehead atoms. The zero-order valence-corrected chi connectivity index (χ0v) is 5.66. The van der Waals surface area contributed by atoms with Crippen LogP contribution in [0.1, 0.15) is 6.92 Å². The van der Waals surface area contributed by atoms with Gasteiger partial charge in [-0.3, -0.25) is 0 Å². The van der Waals surface area contributed by atoms with Crippen molar-refractivity contribution in [3.8, 4) is 0 Å². The number of nitrogens with zero attached hydrogens (tertiary/aromatic N) is 2. The number of aromatic nitrogens is 2. The highest BCUT2D eigenvalue weighted by atomic mass is 19.1. The summed E-state index contributed by atoms with van der Waals surface area (Å²) in [6.07, 6.45) is 1.92. The normalized spacial score (nSPS) is 13.5. The first-order valence-electron chi connectivity index (χ1n) is 3.04. The Labute approximate surface area is 58.1 Å². The smallest absolute Gasteiger partial charge is 0.213 e. The zero-order chi connectivity index (χ0) is 7.56. The summed E-state index contributed by atoms with van der Waals surface area (Å²) in [6, 6.07) is 0. The van der Waals surface area contributed by atoms with Crippen LogP contribution in [-0.2, 0) is 6.54 Å². The first-order chi connectivity index (χ1) is 4.70. The maximum Gasteiger partial charge on any atom is 0.213 e. The van der Waals surface area contributed by atoms with Crippen molar-refractivity contribution in [1.29, 1.82) is 0 Å². The van der Waals surface area contributed by atoms with Crippen molar-refractivity contribution in [3.05, 3.63) is 18.5 Å². The van der Waals surface area contributed by atoms with Gasteiger partial charge in [0.25, 0.3) is 0 Å². The van der Waals surface area contributed by atoms with Crippen molar-refractivity contribution >= 4 is 0 Å². The third kappa shape index (κ3) is 1.54. The Morgan fingerprint density at radius 1 is 1.90 bits per heavy atom. The topological polar surface area (TPSA) is 38.0 Å². The second-order valence-corrected chi connectivity index (χ2v) is 2.22. The van der Waals surface area contributed by atoms with Crippen molar-refractivity contribution in [2.24, 2.45) is 0 Å². The summed E-state index contributed by atoms with van der Waals surface area (Å²) in [5, 5.41) is 8.83. The molecule has 0 saturated carbocycles. The van der Waals surface area contributed by atoms with Gasteiger partial charge in [-0.2, -0.15) is 4.39 Å². The third-order valence-corrected chi connectivity index (χ3v) is 1.12. The second-order valence-electron chi connectivity index (χ2n) is 2.22. The summed E-state index contributed by atoms with van der Waals surface area (Å²) in [7, 11) is 0. The van der Waals surface area contributed by atoms with E-state index in [-0.39, 0.29) is 6.54 Å². The first-order valence-corrected chi connectivity index (χ1v) is 3.04. The van der Waals surface area contributed by atoms with Gasteiger partial charge in [-0.05, 0) is 6.92 Å². The predicted molar refractivity (Wildman–Crippen MR) is 33.9 cm³/mol. The van der Waals surface area contributed by atoms with Gasteiger partial charge in [0, 0.05) is 0 Å². The van der Waals surface area contributed by atoms with E-state index in [1.54, 1.807) is 6.92 Å². The van der Waals surface area contributed by atoms with E-state index in [1.165, 1.54) is 10.9 Å². The van der Waals surface area contributed by atoms with Gasteiger partial charge >= 0.3 is 0 Å². The summed E-state index contributed by atoms with van der Waals surface area (Å²) in [6.45, 7) is 1.85. The molecule has 0 aliphatic heterocycles. The summed E-state index contributed by atoms with van der Waals surface area (Å²) < 4.78 is 13.8. The Hall–Kier alpha value is -0.900. The molecule has 1 rings (SSSR count). The van der Waals surface area contributed by atoms with Crippen LogP contribution >= 0.6 is 0 Å². The molecule has 10 heavy (non-hydrogen) atoms. The SMILES string of the molecule is C[C@H](O)Cn1cncc1F. The number of aliphatic hydroxyl groups excluding tert-OH is 1. The third-order valence-electron chi connectivity index (χ3n) is 1.12. The van der Waals surface area contributed by atoms with Crippen molar-refractivity contribution in [3.63, 3.8) is 0 Å². The maximum atomic E-state index is 12.5. The lowest BCUT2D eigenvalue weighted by molar-refractivity contribution is 0.168. The largest absolute Gasteiger partial charge is 0.392 e. The molecule has 0 amide bonds. The number of rotatable bonds is 2. The molecule has 1 aromatic rings. The summed E-state index contributed by atoms with van der Waals surface area (Å²) >= 11 is 0. The number of halogens is 1. The molecule has 0 unspecified atom stereocenters. The lowest BCUT2D eigenvalue weighted by atomic mass is 10.4. The lowest BCUT2D eigenvalue weighted by Gasteiger charge is -2.03. The molecule has 0 spiro atoms. The second kappa shape index (κ2) is 2.79. The fourth-order valence-corrected chi connectivity index (χ4v) is 0.724. The van der Waals surface area contributed by atoms with Crippen LogP contribution in [0, 0.1) is 5.95 Å². The van der Waals surface area contributed by atoms with Crippen molar-refractivity contribution in [2.75, 3.05) is 0 Å². The number of hydrogen-bond donors (Lipinski definition) is 1. The minimum absolute atomic E-state index is 0.256. The standard InChI is InChI=1S/C6H9FN2O/c1-5(10)3-9-4-8-2-6(9)7/h2,4-5,10H,3H2,1H3/t5-/m0/s1. The van der Waals surface area contributed by atoms with Gasteiger partial charge in [-0.15, -0.1) is 0 Å². The fourth-order valence-electron chi connectivity index (χ4n) is 0.724. The number of hydrogen-bond acceptors (Lipinski definition) is 2. The summed E-state index contributed by atoms with van der Waals surface area (Å²) in [5.74, 6) is -0.416. The maximum absolute atomic E-state index is 12.5. The van der Waals surface area contributed by atoms with Gasteiger partial charge in [0.1, 0.15) is 0 Å². The van der Waals surface area contributed by atoms with Crippen LogP contribution < -0.4 is 0 Å². The number of imidazole rings is 1. The highest BCUT2D eigenvalue weighted by molar-refractivity contribution is 4.79. The first kappa shape index (κ1) is 7.21. The van der Waals surface area contributed by atoms with E-state index in [2.05, 4.69) is 4.98 Å². The Bertz CT molecular complexity index is 209.